The van der Waals surface area contributed by atoms with Gasteiger partial charge in [-0.15, -0.1) is 10.2 Å². The summed E-state index contributed by atoms with van der Waals surface area (Å²) < 4.78 is 1.96. The molecule has 0 aliphatic carbocycles. The molecule has 0 amide bonds. The first-order valence-corrected chi connectivity index (χ1v) is 5.40. The van der Waals surface area contributed by atoms with Crippen LogP contribution in [0.5, 0.6) is 0 Å². The van der Waals surface area contributed by atoms with E-state index >= 15 is 0 Å². The van der Waals surface area contributed by atoms with Gasteiger partial charge in [0, 0.05) is 5.02 Å². The van der Waals surface area contributed by atoms with Crippen LogP contribution in [-0.2, 0) is 6.54 Å². The monoisotopic (exact) mass is 236 g/mol. The molecule has 0 fully saturated rings. The van der Waals surface area contributed by atoms with Gasteiger partial charge in [0.15, 0.2) is 5.82 Å². The number of nitrogens with one attached hydrogen (secondary N) is 1. The summed E-state index contributed by atoms with van der Waals surface area (Å²) in [6.07, 6.45) is 1.71. The topological polar surface area (TPSA) is 42.7 Å². The maximum Gasteiger partial charge on any atom is 0.151 e. The number of halogens is 1. The Kier molecular flexibility index (Phi) is 3.22. The van der Waals surface area contributed by atoms with Crippen molar-refractivity contribution in [2.24, 2.45) is 0 Å². The fourth-order valence-electron chi connectivity index (χ4n) is 1.63. The number of hydrogen-bond donors (Lipinski definition) is 1. The van der Waals surface area contributed by atoms with Crippen molar-refractivity contribution in [1.29, 1.82) is 0 Å². The number of benzene rings is 1. The minimum atomic E-state index is 0.683. The Hall–Kier alpha value is -1.39. The first-order chi connectivity index (χ1) is 7.72. The average Bonchev–Trinajstić information content (AvgIpc) is 2.67. The minimum Gasteiger partial charge on any atom is -0.313 e. The molecule has 1 aromatic carbocycles. The summed E-state index contributed by atoms with van der Waals surface area (Å²) in [7, 11) is 1.88. The highest BCUT2D eigenvalue weighted by Crippen LogP contribution is 2.19. The van der Waals surface area contributed by atoms with Gasteiger partial charge in [-0.05, 0) is 37.7 Å². The molecule has 0 aliphatic rings. The highest BCUT2D eigenvalue weighted by atomic mass is 35.5. The molecule has 0 spiro atoms. The van der Waals surface area contributed by atoms with Crippen LogP contribution >= 0.6 is 11.6 Å². The van der Waals surface area contributed by atoms with Crippen LogP contribution in [0.2, 0.25) is 5.02 Å². The van der Waals surface area contributed by atoms with Gasteiger partial charge in [-0.2, -0.15) is 0 Å². The van der Waals surface area contributed by atoms with E-state index in [4.69, 9.17) is 11.6 Å². The molecule has 0 saturated carbocycles. The molecular formula is C11H13ClN4. The summed E-state index contributed by atoms with van der Waals surface area (Å²) in [5.74, 6) is 0.882. The van der Waals surface area contributed by atoms with Crippen molar-refractivity contribution >= 4 is 11.6 Å². The zero-order valence-corrected chi connectivity index (χ0v) is 9.99. The second-order valence-corrected chi connectivity index (χ2v) is 4.01. The first-order valence-electron chi connectivity index (χ1n) is 5.02. The third kappa shape index (κ3) is 2.08. The number of rotatable bonds is 3. The highest BCUT2D eigenvalue weighted by Gasteiger charge is 2.07. The van der Waals surface area contributed by atoms with E-state index in [0.717, 1.165) is 22.1 Å². The molecule has 4 nitrogen and oxygen atoms in total. The van der Waals surface area contributed by atoms with Crippen molar-refractivity contribution in [1.82, 2.24) is 20.1 Å². The van der Waals surface area contributed by atoms with Crippen LogP contribution in [0.4, 0.5) is 0 Å². The van der Waals surface area contributed by atoms with E-state index < -0.39 is 0 Å². The summed E-state index contributed by atoms with van der Waals surface area (Å²) in [4.78, 5) is 0. The highest BCUT2D eigenvalue weighted by molar-refractivity contribution is 6.30. The van der Waals surface area contributed by atoms with Crippen molar-refractivity contribution in [3.05, 3.63) is 40.9 Å². The summed E-state index contributed by atoms with van der Waals surface area (Å²) in [6, 6.07) is 5.77. The fourth-order valence-corrected chi connectivity index (χ4v) is 1.85. The molecule has 0 saturated heterocycles. The molecule has 0 radical (unpaired) electrons. The third-order valence-corrected chi connectivity index (χ3v) is 2.61. The SMILES string of the molecule is CNCc1nncn1-c1ccc(Cl)cc1C. The van der Waals surface area contributed by atoms with Gasteiger partial charge in [0.25, 0.3) is 0 Å². The maximum atomic E-state index is 5.93. The van der Waals surface area contributed by atoms with E-state index in [2.05, 4.69) is 15.5 Å². The quantitative estimate of drug-likeness (QED) is 0.886. The number of aryl methyl sites for hydroxylation is 1. The lowest BCUT2D eigenvalue weighted by Crippen LogP contribution is -2.11. The molecule has 0 unspecified atom stereocenters. The van der Waals surface area contributed by atoms with Gasteiger partial charge in [0.1, 0.15) is 6.33 Å². The molecule has 2 rings (SSSR count). The van der Waals surface area contributed by atoms with Gasteiger partial charge >= 0.3 is 0 Å². The molecule has 84 valence electrons. The summed E-state index contributed by atoms with van der Waals surface area (Å²) in [5.41, 5.74) is 2.16. The standard InChI is InChI=1S/C11H13ClN4/c1-8-5-9(12)3-4-10(8)16-7-14-15-11(16)6-13-2/h3-5,7,13H,6H2,1-2H3. The molecule has 0 atom stereocenters. The summed E-state index contributed by atoms with van der Waals surface area (Å²) in [6.45, 7) is 2.70. The molecule has 0 aliphatic heterocycles. The fraction of sp³-hybridized carbons (Fsp3) is 0.273. The number of hydrogen-bond acceptors (Lipinski definition) is 3. The van der Waals surface area contributed by atoms with Crippen molar-refractivity contribution in [2.75, 3.05) is 7.05 Å². The van der Waals surface area contributed by atoms with Crippen LogP contribution in [0, 0.1) is 6.92 Å². The minimum absolute atomic E-state index is 0.683. The smallest absolute Gasteiger partial charge is 0.151 e. The molecule has 1 aromatic heterocycles. The normalized spacial score (nSPS) is 10.7. The summed E-state index contributed by atoms with van der Waals surface area (Å²) in [5, 5.41) is 11.8. The number of nitrogens with zero attached hydrogens (tertiary/aromatic N) is 3. The lowest BCUT2D eigenvalue weighted by molar-refractivity contribution is 0.736. The lowest BCUT2D eigenvalue weighted by Gasteiger charge is -2.09. The van der Waals surface area contributed by atoms with Gasteiger partial charge < -0.3 is 5.32 Å². The zero-order valence-electron chi connectivity index (χ0n) is 9.24. The lowest BCUT2D eigenvalue weighted by atomic mass is 10.2. The van der Waals surface area contributed by atoms with Crippen molar-refractivity contribution in [3.8, 4) is 5.69 Å². The maximum absolute atomic E-state index is 5.93. The predicted octanol–water partition coefficient (Wildman–Crippen LogP) is 1.95. The molecule has 1 N–H and O–H groups in total. The van der Waals surface area contributed by atoms with Crippen molar-refractivity contribution in [3.63, 3.8) is 0 Å². The van der Waals surface area contributed by atoms with Crippen LogP contribution in [-0.4, -0.2) is 21.8 Å². The molecule has 1 heterocycles. The van der Waals surface area contributed by atoms with Crippen LogP contribution in [0.25, 0.3) is 5.69 Å². The third-order valence-electron chi connectivity index (χ3n) is 2.37. The number of aromatic nitrogens is 3. The Balaban J connectivity index is 2.46. The average molecular weight is 237 g/mol. The van der Waals surface area contributed by atoms with E-state index in [1.165, 1.54) is 0 Å². The van der Waals surface area contributed by atoms with Gasteiger partial charge in [-0.3, -0.25) is 4.57 Å². The molecule has 16 heavy (non-hydrogen) atoms. The van der Waals surface area contributed by atoms with Crippen molar-refractivity contribution < 1.29 is 0 Å². The zero-order chi connectivity index (χ0) is 11.5. The Morgan fingerprint density at radius 1 is 1.44 bits per heavy atom. The van der Waals surface area contributed by atoms with E-state index in [1.807, 2.05) is 36.7 Å². The van der Waals surface area contributed by atoms with E-state index in [0.29, 0.717) is 6.54 Å². The first kappa shape index (κ1) is 11.1. The largest absolute Gasteiger partial charge is 0.313 e. The molecule has 2 aromatic rings. The molecule has 0 bridgehead atoms. The van der Waals surface area contributed by atoms with Crippen LogP contribution in [0.15, 0.2) is 24.5 Å². The predicted molar refractivity (Wildman–Crippen MR) is 63.9 cm³/mol. The van der Waals surface area contributed by atoms with Gasteiger partial charge in [0.2, 0.25) is 0 Å². The Morgan fingerprint density at radius 2 is 2.25 bits per heavy atom. The van der Waals surface area contributed by atoms with Crippen LogP contribution in [0.1, 0.15) is 11.4 Å². The van der Waals surface area contributed by atoms with E-state index in [1.54, 1.807) is 6.33 Å². The second-order valence-electron chi connectivity index (χ2n) is 3.58. The van der Waals surface area contributed by atoms with Gasteiger partial charge in [-0.25, -0.2) is 0 Å². The van der Waals surface area contributed by atoms with E-state index in [-0.39, 0.29) is 0 Å². The van der Waals surface area contributed by atoms with Crippen LogP contribution in [0.3, 0.4) is 0 Å². The van der Waals surface area contributed by atoms with Gasteiger partial charge in [-0.1, -0.05) is 11.6 Å². The van der Waals surface area contributed by atoms with Gasteiger partial charge in [0.05, 0.1) is 12.2 Å². The van der Waals surface area contributed by atoms with E-state index in [9.17, 15) is 0 Å². The Bertz CT molecular complexity index is 492. The Morgan fingerprint density at radius 3 is 2.94 bits per heavy atom. The Labute approximate surface area is 99.3 Å². The second kappa shape index (κ2) is 4.63. The van der Waals surface area contributed by atoms with Crippen LogP contribution < -0.4 is 5.32 Å². The summed E-state index contributed by atoms with van der Waals surface area (Å²) >= 11 is 5.93. The van der Waals surface area contributed by atoms with Crippen molar-refractivity contribution in [2.45, 2.75) is 13.5 Å². The molecule has 5 heteroatoms. The molecular weight excluding hydrogens is 224 g/mol.